The van der Waals surface area contributed by atoms with Gasteiger partial charge in [-0.2, -0.15) is 0 Å². The van der Waals surface area contributed by atoms with Crippen molar-refractivity contribution in [2.45, 2.75) is 25.3 Å². The highest BCUT2D eigenvalue weighted by molar-refractivity contribution is 7.88. The number of nitrogens with zero attached hydrogens (tertiary/aromatic N) is 1. The fourth-order valence-electron chi connectivity index (χ4n) is 1.84. The summed E-state index contributed by atoms with van der Waals surface area (Å²) in [6.07, 6.45) is 3.04. The number of alkyl halides is 1. The maximum absolute atomic E-state index is 11.6. The summed E-state index contributed by atoms with van der Waals surface area (Å²) in [7, 11) is -3.20. The largest absolute Gasteiger partial charge is 0.341 e. The Bertz CT molecular complexity index is 345. The molecule has 94 valence electrons. The third-order valence-electron chi connectivity index (χ3n) is 2.46. The van der Waals surface area contributed by atoms with Crippen LogP contribution in [0.2, 0.25) is 0 Å². The van der Waals surface area contributed by atoms with E-state index in [1.54, 1.807) is 4.90 Å². The third-order valence-corrected chi connectivity index (χ3v) is 3.41. The molecule has 1 aliphatic rings. The van der Waals surface area contributed by atoms with Crippen LogP contribution in [0.5, 0.6) is 0 Å². The van der Waals surface area contributed by atoms with E-state index in [0.29, 0.717) is 25.4 Å². The molecule has 16 heavy (non-hydrogen) atoms. The molecule has 0 aromatic carbocycles. The minimum absolute atomic E-state index is 0.00463. The summed E-state index contributed by atoms with van der Waals surface area (Å²) in [6.45, 7) is 1.14. The van der Waals surface area contributed by atoms with E-state index < -0.39 is 10.0 Å². The fraction of sp³-hybridized carbons (Fsp3) is 0.889. The van der Waals surface area contributed by atoms with Gasteiger partial charge in [0.15, 0.2) is 0 Å². The van der Waals surface area contributed by atoms with Gasteiger partial charge in [0.25, 0.3) is 0 Å². The van der Waals surface area contributed by atoms with Crippen molar-refractivity contribution in [3.05, 3.63) is 0 Å². The van der Waals surface area contributed by atoms with Crippen LogP contribution in [0, 0.1) is 0 Å². The van der Waals surface area contributed by atoms with Gasteiger partial charge in [0.2, 0.25) is 15.9 Å². The van der Waals surface area contributed by atoms with E-state index in [0.717, 1.165) is 19.1 Å². The number of sulfonamides is 1. The van der Waals surface area contributed by atoms with Gasteiger partial charge in [-0.25, -0.2) is 13.1 Å². The smallest absolute Gasteiger partial charge is 0.223 e. The second kappa shape index (κ2) is 5.84. The molecule has 0 spiro atoms. The number of halogens is 1. The molecule has 0 bridgehead atoms. The first-order valence-electron chi connectivity index (χ1n) is 5.23. The molecule has 1 aliphatic heterocycles. The van der Waals surface area contributed by atoms with Crippen LogP contribution in [0.15, 0.2) is 0 Å². The lowest BCUT2D eigenvalue weighted by Gasteiger charge is -2.32. The van der Waals surface area contributed by atoms with Crippen LogP contribution in [-0.4, -0.2) is 50.5 Å². The third kappa shape index (κ3) is 4.67. The van der Waals surface area contributed by atoms with Crippen molar-refractivity contribution in [2.24, 2.45) is 0 Å². The minimum atomic E-state index is -3.20. The molecular weight excluding hydrogens is 252 g/mol. The molecule has 0 radical (unpaired) electrons. The SMILES string of the molecule is CS(=O)(=O)NC1CCCN(C(=O)CCCl)C1. The molecule has 1 N–H and O–H groups in total. The van der Waals surface area contributed by atoms with Gasteiger partial charge < -0.3 is 4.90 Å². The molecule has 1 rings (SSSR count). The number of carbonyl (C=O) groups is 1. The zero-order valence-electron chi connectivity index (χ0n) is 9.28. The Balaban J connectivity index is 2.50. The molecule has 1 saturated heterocycles. The number of amides is 1. The Labute approximate surface area is 101 Å². The standard InChI is InChI=1S/C9H17ClN2O3S/c1-16(14,15)11-8-3-2-6-12(7-8)9(13)4-5-10/h8,11H,2-7H2,1H3. The van der Waals surface area contributed by atoms with E-state index in [-0.39, 0.29) is 11.9 Å². The Morgan fingerprint density at radius 1 is 1.56 bits per heavy atom. The first-order valence-corrected chi connectivity index (χ1v) is 7.66. The van der Waals surface area contributed by atoms with Crippen LogP contribution in [-0.2, 0) is 14.8 Å². The second-order valence-corrected chi connectivity index (χ2v) is 6.17. The zero-order chi connectivity index (χ0) is 12.2. The predicted molar refractivity (Wildman–Crippen MR) is 62.9 cm³/mol. The second-order valence-electron chi connectivity index (χ2n) is 4.01. The van der Waals surface area contributed by atoms with Gasteiger partial charge in [0.1, 0.15) is 0 Å². The summed E-state index contributed by atoms with van der Waals surface area (Å²) in [4.78, 5) is 13.2. The molecule has 5 nitrogen and oxygen atoms in total. The number of hydrogen-bond donors (Lipinski definition) is 1. The summed E-state index contributed by atoms with van der Waals surface area (Å²) in [5.74, 6) is 0.300. The summed E-state index contributed by atoms with van der Waals surface area (Å²) < 4.78 is 24.7. The summed E-state index contributed by atoms with van der Waals surface area (Å²) in [5.41, 5.74) is 0. The number of nitrogens with one attached hydrogen (secondary N) is 1. The van der Waals surface area contributed by atoms with E-state index in [4.69, 9.17) is 11.6 Å². The Hall–Kier alpha value is -0.330. The molecule has 0 aliphatic carbocycles. The van der Waals surface area contributed by atoms with Gasteiger partial charge in [-0.1, -0.05) is 0 Å². The molecule has 1 unspecified atom stereocenters. The maximum atomic E-state index is 11.6. The average molecular weight is 269 g/mol. The van der Waals surface area contributed by atoms with Crippen LogP contribution in [0.4, 0.5) is 0 Å². The quantitative estimate of drug-likeness (QED) is 0.739. The van der Waals surface area contributed by atoms with Gasteiger partial charge in [-0.3, -0.25) is 4.79 Å². The lowest BCUT2D eigenvalue weighted by atomic mass is 10.1. The monoisotopic (exact) mass is 268 g/mol. The van der Waals surface area contributed by atoms with Crippen molar-refractivity contribution in [1.82, 2.24) is 9.62 Å². The zero-order valence-corrected chi connectivity index (χ0v) is 10.9. The van der Waals surface area contributed by atoms with Crippen LogP contribution in [0.1, 0.15) is 19.3 Å². The van der Waals surface area contributed by atoms with Crippen LogP contribution >= 0.6 is 11.6 Å². The highest BCUT2D eigenvalue weighted by Gasteiger charge is 2.24. The van der Waals surface area contributed by atoms with E-state index in [1.807, 2.05) is 0 Å². The van der Waals surface area contributed by atoms with Crippen molar-refractivity contribution in [2.75, 3.05) is 25.2 Å². The number of hydrogen-bond acceptors (Lipinski definition) is 3. The van der Waals surface area contributed by atoms with Crippen molar-refractivity contribution in [3.8, 4) is 0 Å². The minimum Gasteiger partial charge on any atom is -0.341 e. The Kier molecular flexibility index (Phi) is 5.01. The first-order chi connectivity index (χ1) is 7.42. The fourth-order valence-corrected chi connectivity index (χ4v) is 2.80. The summed E-state index contributed by atoms with van der Waals surface area (Å²) in [6, 6.07) is -0.164. The van der Waals surface area contributed by atoms with Gasteiger partial charge in [-0.05, 0) is 12.8 Å². The molecule has 1 atom stereocenters. The van der Waals surface area contributed by atoms with Crippen molar-refractivity contribution in [1.29, 1.82) is 0 Å². The number of likely N-dealkylation sites (tertiary alicyclic amines) is 1. The highest BCUT2D eigenvalue weighted by atomic mass is 35.5. The molecule has 0 saturated carbocycles. The number of rotatable bonds is 4. The van der Waals surface area contributed by atoms with Gasteiger partial charge in [0, 0.05) is 31.4 Å². The van der Waals surface area contributed by atoms with E-state index >= 15 is 0 Å². The molecular formula is C9H17ClN2O3S. The van der Waals surface area contributed by atoms with Crippen molar-refractivity contribution in [3.63, 3.8) is 0 Å². The molecule has 0 aromatic rings. The summed E-state index contributed by atoms with van der Waals surface area (Å²) in [5, 5.41) is 0. The Morgan fingerprint density at radius 3 is 2.81 bits per heavy atom. The highest BCUT2D eigenvalue weighted by Crippen LogP contribution is 2.12. The van der Waals surface area contributed by atoms with Crippen LogP contribution in [0.3, 0.4) is 0 Å². The number of carbonyl (C=O) groups excluding carboxylic acids is 1. The average Bonchev–Trinajstić information content (AvgIpc) is 2.16. The molecule has 1 heterocycles. The first kappa shape index (κ1) is 13.7. The molecule has 7 heteroatoms. The molecule has 1 fully saturated rings. The normalized spacial score (nSPS) is 22.1. The lowest BCUT2D eigenvalue weighted by molar-refractivity contribution is -0.132. The lowest BCUT2D eigenvalue weighted by Crippen LogP contribution is -2.49. The molecule has 1 amide bonds. The van der Waals surface area contributed by atoms with Crippen molar-refractivity contribution < 1.29 is 13.2 Å². The van der Waals surface area contributed by atoms with E-state index in [1.165, 1.54) is 0 Å². The number of piperidine rings is 1. The van der Waals surface area contributed by atoms with Crippen LogP contribution < -0.4 is 4.72 Å². The summed E-state index contributed by atoms with van der Waals surface area (Å²) >= 11 is 5.50. The maximum Gasteiger partial charge on any atom is 0.223 e. The van der Waals surface area contributed by atoms with Gasteiger partial charge in [0.05, 0.1) is 6.26 Å². The van der Waals surface area contributed by atoms with Gasteiger partial charge in [-0.15, -0.1) is 11.6 Å². The van der Waals surface area contributed by atoms with Gasteiger partial charge >= 0.3 is 0 Å². The molecule has 0 aromatic heterocycles. The van der Waals surface area contributed by atoms with Crippen molar-refractivity contribution >= 4 is 27.5 Å². The topological polar surface area (TPSA) is 66.5 Å². The van der Waals surface area contributed by atoms with Crippen LogP contribution in [0.25, 0.3) is 0 Å². The van der Waals surface area contributed by atoms with E-state index in [9.17, 15) is 13.2 Å². The Morgan fingerprint density at radius 2 is 2.25 bits per heavy atom. The predicted octanol–water partition coefficient (Wildman–Crippen LogP) is 0.155. The van der Waals surface area contributed by atoms with E-state index in [2.05, 4.69) is 4.72 Å².